The van der Waals surface area contributed by atoms with Gasteiger partial charge in [0.2, 0.25) is 11.8 Å². The van der Waals surface area contributed by atoms with E-state index in [1.807, 2.05) is 68.4 Å². The Kier molecular flexibility index (Phi) is 10.9. The molecule has 0 aromatic heterocycles. The maximum absolute atomic E-state index is 13.7. The van der Waals surface area contributed by atoms with Gasteiger partial charge < -0.3 is 10.2 Å². The number of aryl methyl sites for hydroxylation is 1. The number of hydrogen-bond acceptors (Lipinski definition) is 3. The van der Waals surface area contributed by atoms with E-state index in [4.69, 9.17) is 11.6 Å². The summed E-state index contributed by atoms with van der Waals surface area (Å²) in [4.78, 5) is 28.9. The molecule has 0 aliphatic rings. The molecular formula is C30H35ClN2O2S. The Bertz CT molecular complexity index is 1120. The van der Waals surface area contributed by atoms with Crippen molar-refractivity contribution in [2.75, 3.05) is 5.75 Å². The van der Waals surface area contributed by atoms with Gasteiger partial charge in [-0.2, -0.15) is 0 Å². The summed E-state index contributed by atoms with van der Waals surface area (Å²) in [6, 6.07) is 25.1. The predicted octanol–water partition coefficient (Wildman–Crippen LogP) is 6.44. The van der Waals surface area contributed by atoms with Gasteiger partial charge in [-0.1, -0.05) is 90.8 Å². The van der Waals surface area contributed by atoms with Gasteiger partial charge in [0.25, 0.3) is 0 Å². The van der Waals surface area contributed by atoms with E-state index in [1.54, 1.807) is 16.7 Å². The molecule has 190 valence electrons. The largest absolute Gasteiger partial charge is 0.352 e. The van der Waals surface area contributed by atoms with Crippen LogP contribution in [-0.4, -0.2) is 34.6 Å². The number of nitrogens with one attached hydrogen (secondary N) is 1. The molecule has 0 aliphatic heterocycles. The molecule has 0 bridgehead atoms. The second kappa shape index (κ2) is 14.1. The van der Waals surface area contributed by atoms with E-state index in [2.05, 4.69) is 36.5 Å². The highest BCUT2D eigenvalue weighted by molar-refractivity contribution is 7.99. The van der Waals surface area contributed by atoms with E-state index in [0.29, 0.717) is 18.0 Å². The lowest BCUT2D eigenvalue weighted by Crippen LogP contribution is -2.52. The first-order valence-corrected chi connectivity index (χ1v) is 13.9. The number of halogens is 1. The standard InChI is InChI=1S/C30H35ClN2O2S/c1-4-23(3)32-30(35)28(18-24-9-6-5-7-10-24)33(19-26-11-8-12-27(31)17-26)29(34)21-36-20-25-15-13-22(2)14-16-25/h5-17,23,28H,4,18-21H2,1-3H3,(H,32,35). The monoisotopic (exact) mass is 522 g/mol. The number of nitrogens with zero attached hydrogens (tertiary/aromatic N) is 1. The predicted molar refractivity (Wildman–Crippen MR) is 151 cm³/mol. The van der Waals surface area contributed by atoms with Crippen LogP contribution in [0.3, 0.4) is 0 Å². The van der Waals surface area contributed by atoms with E-state index in [0.717, 1.165) is 23.3 Å². The Morgan fingerprint density at radius 3 is 2.31 bits per heavy atom. The zero-order valence-corrected chi connectivity index (χ0v) is 22.8. The fourth-order valence-corrected chi connectivity index (χ4v) is 4.93. The van der Waals surface area contributed by atoms with Gasteiger partial charge in [0.05, 0.1) is 5.75 Å². The normalized spacial score (nSPS) is 12.6. The van der Waals surface area contributed by atoms with Crippen LogP contribution in [0, 0.1) is 6.92 Å². The van der Waals surface area contributed by atoms with Gasteiger partial charge in [0.15, 0.2) is 0 Å². The first kappa shape index (κ1) is 27.8. The molecule has 0 spiro atoms. The van der Waals surface area contributed by atoms with Crippen molar-refractivity contribution in [2.24, 2.45) is 0 Å². The summed E-state index contributed by atoms with van der Waals surface area (Å²) in [5, 5.41) is 3.71. The number of carbonyl (C=O) groups excluding carboxylic acids is 2. The third kappa shape index (κ3) is 8.72. The molecule has 2 unspecified atom stereocenters. The van der Waals surface area contributed by atoms with Crippen LogP contribution in [-0.2, 0) is 28.3 Å². The molecule has 0 fully saturated rings. The van der Waals surface area contributed by atoms with Gasteiger partial charge in [0.1, 0.15) is 6.04 Å². The Morgan fingerprint density at radius 1 is 0.944 bits per heavy atom. The van der Waals surface area contributed by atoms with Crippen molar-refractivity contribution >= 4 is 35.2 Å². The molecule has 0 aliphatic carbocycles. The van der Waals surface area contributed by atoms with Crippen LogP contribution in [0.15, 0.2) is 78.9 Å². The minimum Gasteiger partial charge on any atom is -0.352 e. The molecule has 2 atom stereocenters. The number of benzene rings is 3. The zero-order valence-electron chi connectivity index (χ0n) is 21.2. The molecule has 3 aromatic rings. The first-order valence-electron chi connectivity index (χ1n) is 12.4. The van der Waals surface area contributed by atoms with Crippen molar-refractivity contribution in [1.82, 2.24) is 10.2 Å². The van der Waals surface area contributed by atoms with Gasteiger partial charge in [-0.05, 0) is 49.1 Å². The second-order valence-electron chi connectivity index (χ2n) is 9.15. The van der Waals surface area contributed by atoms with Crippen LogP contribution in [0.2, 0.25) is 5.02 Å². The second-order valence-corrected chi connectivity index (χ2v) is 10.6. The minimum absolute atomic E-state index is 0.0230. The highest BCUT2D eigenvalue weighted by Crippen LogP contribution is 2.20. The third-order valence-corrected chi connectivity index (χ3v) is 7.35. The van der Waals surface area contributed by atoms with E-state index >= 15 is 0 Å². The molecule has 0 heterocycles. The molecule has 4 nitrogen and oxygen atoms in total. The Balaban J connectivity index is 1.85. The number of hydrogen-bond donors (Lipinski definition) is 1. The van der Waals surface area contributed by atoms with Crippen molar-refractivity contribution in [1.29, 1.82) is 0 Å². The molecule has 3 rings (SSSR count). The summed E-state index contributed by atoms with van der Waals surface area (Å²) in [5.74, 6) is 0.829. The van der Waals surface area contributed by atoms with Crippen molar-refractivity contribution in [2.45, 2.75) is 58.0 Å². The number of thioether (sulfide) groups is 1. The van der Waals surface area contributed by atoms with Crippen LogP contribution >= 0.6 is 23.4 Å². The van der Waals surface area contributed by atoms with Crippen molar-refractivity contribution < 1.29 is 9.59 Å². The van der Waals surface area contributed by atoms with Gasteiger partial charge >= 0.3 is 0 Å². The lowest BCUT2D eigenvalue weighted by Gasteiger charge is -2.32. The highest BCUT2D eigenvalue weighted by atomic mass is 35.5. The van der Waals surface area contributed by atoms with Crippen LogP contribution < -0.4 is 5.32 Å². The first-order chi connectivity index (χ1) is 17.4. The minimum atomic E-state index is -0.632. The van der Waals surface area contributed by atoms with E-state index in [-0.39, 0.29) is 23.6 Å². The average molecular weight is 523 g/mol. The molecule has 1 N–H and O–H groups in total. The quantitative estimate of drug-likeness (QED) is 0.298. The zero-order chi connectivity index (χ0) is 25.9. The summed E-state index contributed by atoms with van der Waals surface area (Å²) in [6.45, 7) is 6.40. The molecule has 0 saturated heterocycles. The summed E-state index contributed by atoms with van der Waals surface area (Å²) in [5.41, 5.74) is 4.30. The highest BCUT2D eigenvalue weighted by Gasteiger charge is 2.30. The Labute approximate surface area is 224 Å². The number of rotatable bonds is 12. The maximum Gasteiger partial charge on any atom is 0.243 e. The molecule has 3 aromatic carbocycles. The molecule has 6 heteroatoms. The fraction of sp³-hybridized carbons (Fsp3) is 0.333. The number of amides is 2. The van der Waals surface area contributed by atoms with Gasteiger partial charge in [-0.3, -0.25) is 9.59 Å². The lowest BCUT2D eigenvalue weighted by atomic mass is 10.0. The summed E-state index contributed by atoms with van der Waals surface area (Å²) in [6.07, 6.45) is 1.26. The topological polar surface area (TPSA) is 49.4 Å². The summed E-state index contributed by atoms with van der Waals surface area (Å²) < 4.78 is 0. The van der Waals surface area contributed by atoms with E-state index < -0.39 is 6.04 Å². The SMILES string of the molecule is CCC(C)NC(=O)C(Cc1ccccc1)N(Cc1cccc(Cl)c1)C(=O)CSCc1ccc(C)cc1. The summed E-state index contributed by atoms with van der Waals surface area (Å²) in [7, 11) is 0. The third-order valence-electron chi connectivity index (χ3n) is 6.13. The molecule has 2 amide bonds. The lowest BCUT2D eigenvalue weighted by molar-refractivity contribution is -0.139. The molecular weight excluding hydrogens is 488 g/mol. The fourth-order valence-electron chi connectivity index (χ4n) is 3.85. The van der Waals surface area contributed by atoms with E-state index in [9.17, 15) is 9.59 Å². The molecule has 0 saturated carbocycles. The van der Waals surface area contributed by atoms with Gasteiger partial charge in [0, 0.05) is 29.8 Å². The van der Waals surface area contributed by atoms with Crippen LogP contribution in [0.4, 0.5) is 0 Å². The molecule has 0 radical (unpaired) electrons. The maximum atomic E-state index is 13.7. The van der Waals surface area contributed by atoms with Crippen molar-refractivity contribution in [3.8, 4) is 0 Å². The summed E-state index contributed by atoms with van der Waals surface area (Å²) >= 11 is 7.81. The van der Waals surface area contributed by atoms with Crippen molar-refractivity contribution in [3.05, 3.63) is 106 Å². The number of carbonyl (C=O) groups is 2. The van der Waals surface area contributed by atoms with Crippen LogP contribution in [0.1, 0.15) is 42.5 Å². The van der Waals surface area contributed by atoms with E-state index in [1.165, 1.54) is 11.1 Å². The Morgan fingerprint density at radius 2 is 1.64 bits per heavy atom. The smallest absolute Gasteiger partial charge is 0.243 e. The molecule has 36 heavy (non-hydrogen) atoms. The van der Waals surface area contributed by atoms with Crippen LogP contribution in [0.25, 0.3) is 0 Å². The Hall–Kier alpha value is -2.76. The van der Waals surface area contributed by atoms with Gasteiger partial charge in [-0.15, -0.1) is 11.8 Å². The average Bonchev–Trinajstić information content (AvgIpc) is 2.87. The van der Waals surface area contributed by atoms with Crippen LogP contribution in [0.5, 0.6) is 0 Å². The van der Waals surface area contributed by atoms with Gasteiger partial charge in [-0.25, -0.2) is 0 Å². The van der Waals surface area contributed by atoms with Crippen molar-refractivity contribution in [3.63, 3.8) is 0 Å².